The number of hydrogen-bond acceptors (Lipinski definition) is 1. The lowest BCUT2D eigenvalue weighted by Crippen LogP contribution is -1.90. The van der Waals surface area contributed by atoms with Crippen molar-refractivity contribution in [2.45, 2.75) is 0 Å². The molecule has 220 valence electrons. The van der Waals surface area contributed by atoms with Crippen LogP contribution in [-0.2, 0) is 0 Å². The Bertz CT molecular complexity index is 2530. The molecule has 0 aliphatic rings. The number of benzene rings is 7. The number of fused-ring (bicyclic) bond motifs is 6. The summed E-state index contributed by atoms with van der Waals surface area (Å²) in [6, 6.07) is 59.1. The predicted molar refractivity (Wildman–Crippen MR) is 198 cm³/mol. The van der Waals surface area contributed by atoms with E-state index in [1.54, 1.807) is 0 Å². The van der Waals surface area contributed by atoms with Crippen LogP contribution in [-0.4, -0.2) is 9.97 Å². The van der Waals surface area contributed by atoms with E-state index in [4.69, 9.17) is 0 Å². The lowest BCUT2D eigenvalue weighted by molar-refractivity contribution is 1.32. The summed E-state index contributed by atoms with van der Waals surface area (Å²) >= 11 is 0. The first-order valence-electron chi connectivity index (χ1n) is 16.0. The molecule has 0 bridgehead atoms. The molecule has 2 aromatic heterocycles. The quantitative estimate of drug-likeness (QED) is 0.196. The second kappa shape index (κ2) is 11.3. The van der Waals surface area contributed by atoms with Gasteiger partial charge in [-0.3, -0.25) is 4.98 Å². The lowest BCUT2D eigenvalue weighted by Gasteiger charge is -2.15. The van der Waals surface area contributed by atoms with Crippen molar-refractivity contribution in [2.24, 2.45) is 0 Å². The largest absolute Gasteiger partial charge is 0.361 e. The Morgan fingerprint density at radius 1 is 0.340 bits per heavy atom. The van der Waals surface area contributed by atoms with Gasteiger partial charge in [-0.2, -0.15) is 0 Å². The summed E-state index contributed by atoms with van der Waals surface area (Å²) in [5, 5.41) is 7.73. The number of aromatic amines is 1. The first-order chi connectivity index (χ1) is 23.3. The molecule has 0 radical (unpaired) electrons. The third-order valence-corrected chi connectivity index (χ3v) is 9.29. The zero-order valence-electron chi connectivity index (χ0n) is 25.7. The summed E-state index contributed by atoms with van der Waals surface area (Å²) in [6.07, 6.45) is 3.82. The molecule has 0 unspecified atom stereocenters. The standard InChI is InChI=1S/C45H30N2/c1-2-14-37(32-21-22-42-40-17-4-3-15-38(40)39-16-5-6-18-41(39)43(42)29-32)36(13-1)31-12-9-11-30(25-31)33-26-34(44-19-7-8-23-46-44)28-35(27-33)45-20-10-24-47-45/h1-29,47H. The molecule has 1 N–H and O–H groups in total. The Hall–Kier alpha value is -6.25. The van der Waals surface area contributed by atoms with Crippen molar-refractivity contribution in [3.05, 3.63) is 176 Å². The van der Waals surface area contributed by atoms with Crippen molar-refractivity contribution < 1.29 is 0 Å². The van der Waals surface area contributed by atoms with E-state index in [2.05, 4.69) is 156 Å². The average Bonchev–Trinajstić information content (AvgIpc) is 3.71. The number of aromatic nitrogens is 2. The minimum absolute atomic E-state index is 0.959. The highest BCUT2D eigenvalue weighted by atomic mass is 14.7. The Morgan fingerprint density at radius 2 is 0.915 bits per heavy atom. The molecule has 0 fully saturated rings. The zero-order chi connectivity index (χ0) is 31.2. The van der Waals surface area contributed by atoms with Crippen LogP contribution in [0.5, 0.6) is 0 Å². The summed E-state index contributed by atoms with van der Waals surface area (Å²) in [5.41, 5.74) is 11.4. The van der Waals surface area contributed by atoms with Gasteiger partial charge in [-0.25, -0.2) is 0 Å². The van der Waals surface area contributed by atoms with Crippen molar-refractivity contribution in [1.82, 2.24) is 9.97 Å². The molecule has 2 heteroatoms. The minimum Gasteiger partial charge on any atom is -0.361 e. The van der Waals surface area contributed by atoms with Crippen LogP contribution in [0.15, 0.2) is 176 Å². The van der Waals surface area contributed by atoms with Gasteiger partial charge in [-0.1, -0.05) is 109 Å². The van der Waals surface area contributed by atoms with E-state index in [1.165, 1.54) is 60.1 Å². The topological polar surface area (TPSA) is 28.7 Å². The third-order valence-electron chi connectivity index (χ3n) is 9.29. The Balaban J connectivity index is 1.19. The van der Waals surface area contributed by atoms with Crippen LogP contribution in [0.25, 0.3) is 88.2 Å². The van der Waals surface area contributed by atoms with Crippen LogP contribution >= 0.6 is 0 Å². The molecule has 0 saturated carbocycles. The number of nitrogens with zero attached hydrogens (tertiary/aromatic N) is 1. The maximum atomic E-state index is 4.66. The molecule has 2 nitrogen and oxygen atoms in total. The summed E-state index contributed by atoms with van der Waals surface area (Å²) in [4.78, 5) is 8.05. The van der Waals surface area contributed by atoms with E-state index in [1.807, 2.05) is 30.6 Å². The van der Waals surface area contributed by atoms with Crippen molar-refractivity contribution >= 4 is 32.3 Å². The number of pyridine rings is 1. The van der Waals surface area contributed by atoms with E-state index in [0.29, 0.717) is 0 Å². The predicted octanol–water partition coefficient (Wildman–Crippen LogP) is 12.2. The van der Waals surface area contributed by atoms with Crippen LogP contribution in [0.3, 0.4) is 0 Å². The second-order valence-corrected chi connectivity index (χ2v) is 12.1. The van der Waals surface area contributed by atoms with E-state index >= 15 is 0 Å². The first-order valence-corrected chi connectivity index (χ1v) is 16.0. The fourth-order valence-electron chi connectivity index (χ4n) is 7.07. The molecule has 7 aromatic carbocycles. The van der Waals surface area contributed by atoms with E-state index in [9.17, 15) is 0 Å². The summed E-state index contributed by atoms with van der Waals surface area (Å²) in [5.74, 6) is 0. The zero-order valence-corrected chi connectivity index (χ0v) is 25.7. The first kappa shape index (κ1) is 27.1. The van der Waals surface area contributed by atoms with Gasteiger partial charge in [-0.15, -0.1) is 0 Å². The Labute approximate surface area is 273 Å². The molecular weight excluding hydrogens is 569 g/mol. The number of hydrogen-bond donors (Lipinski definition) is 1. The number of H-pyrrole nitrogens is 1. The van der Waals surface area contributed by atoms with E-state index in [0.717, 1.165) is 28.1 Å². The highest BCUT2D eigenvalue weighted by Gasteiger charge is 2.14. The van der Waals surface area contributed by atoms with Gasteiger partial charge in [-0.05, 0) is 126 Å². The highest BCUT2D eigenvalue weighted by molar-refractivity contribution is 6.25. The Morgan fingerprint density at radius 3 is 1.60 bits per heavy atom. The van der Waals surface area contributed by atoms with Crippen molar-refractivity contribution in [3.8, 4) is 55.9 Å². The second-order valence-electron chi connectivity index (χ2n) is 12.1. The van der Waals surface area contributed by atoms with Gasteiger partial charge < -0.3 is 4.98 Å². The molecule has 9 aromatic rings. The van der Waals surface area contributed by atoms with Gasteiger partial charge in [0.15, 0.2) is 0 Å². The number of nitrogens with one attached hydrogen (secondary N) is 1. The smallest absolute Gasteiger partial charge is 0.0702 e. The minimum atomic E-state index is 0.959. The normalized spacial score (nSPS) is 11.4. The van der Waals surface area contributed by atoms with Crippen molar-refractivity contribution in [1.29, 1.82) is 0 Å². The maximum Gasteiger partial charge on any atom is 0.0702 e. The molecular formula is C45H30N2. The summed E-state index contributed by atoms with van der Waals surface area (Å²) in [7, 11) is 0. The van der Waals surface area contributed by atoms with Crippen LogP contribution in [0.1, 0.15) is 0 Å². The molecule has 2 heterocycles. The van der Waals surface area contributed by atoms with Crippen molar-refractivity contribution in [3.63, 3.8) is 0 Å². The Kier molecular flexibility index (Phi) is 6.50. The SMILES string of the molecule is c1ccc(-c2cc(-c3cccc(-c4ccccc4-c4ccc5c6ccccc6c6ccccc6c5c4)c3)cc(-c3ccc[nH]3)c2)nc1. The van der Waals surface area contributed by atoms with Gasteiger partial charge in [0.2, 0.25) is 0 Å². The van der Waals surface area contributed by atoms with Crippen LogP contribution < -0.4 is 0 Å². The highest BCUT2D eigenvalue weighted by Crippen LogP contribution is 2.40. The molecule has 47 heavy (non-hydrogen) atoms. The van der Waals surface area contributed by atoms with Gasteiger partial charge >= 0.3 is 0 Å². The number of rotatable bonds is 5. The van der Waals surface area contributed by atoms with E-state index in [-0.39, 0.29) is 0 Å². The van der Waals surface area contributed by atoms with Gasteiger partial charge in [0.05, 0.1) is 5.69 Å². The molecule has 0 aliphatic heterocycles. The summed E-state index contributed by atoms with van der Waals surface area (Å²) in [6.45, 7) is 0. The van der Waals surface area contributed by atoms with Gasteiger partial charge in [0.1, 0.15) is 0 Å². The molecule has 9 rings (SSSR count). The van der Waals surface area contributed by atoms with Crippen LogP contribution in [0, 0.1) is 0 Å². The fraction of sp³-hybridized carbons (Fsp3) is 0. The molecule has 0 aliphatic carbocycles. The molecule has 0 saturated heterocycles. The van der Waals surface area contributed by atoms with Crippen LogP contribution in [0.2, 0.25) is 0 Å². The molecule has 0 spiro atoms. The van der Waals surface area contributed by atoms with Gasteiger partial charge in [0.25, 0.3) is 0 Å². The van der Waals surface area contributed by atoms with Gasteiger partial charge in [0, 0.05) is 23.7 Å². The molecule has 0 atom stereocenters. The average molecular weight is 599 g/mol. The third kappa shape index (κ3) is 4.79. The van der Waals surface area contributed by atoms with Crippen LogP contribution in [0.4, 0.5) is 0 Å². The summed E-state index contributed by atoms with van der Waals surface area (Å²) < 4.78 is 0. The molecule has 0 amide bonds. The maximum absolute atomic E-state index is 4.66. The monoisotopic (exact) mass is 598 g/mol. The van der Waals surface area contributed by atoms with E-state index < -0.39 is 0 Å². The fourth-order valence-corrected chi connectivity index (χ4v) is 7.07. The van der Waals surface area contributed by atoms with Crippen molar-refractivity contribution in [2.75, 3.05) is 0 Å². The lowest BCUT2D eigenvalue weighted by atomic mass is 9.89.